The Balaban J connectivity index is 1.87. The maximum Gasteiger partial charge on any atom is 0.210 e. The van der Waals surface area contributed by atoms with E-state index in [0.717, 1.165) is 38.6 Å². The Hall–Kier alpha value is -1.72. The minimum absolute atomic E-state index is 0.287. The number of nitrogens with zero attached hydrogens (tertiary/aromatic N) is 2. The molecule has 0 fully saturated rings. The summed E-state index contributed by atoms with van der Waals surface area (Å²) in [4.78, 5) is 5.24. The second-order valence-electron chi connectivity index (χ2n) is 6.46. The van der Waals surface area contributed by atoms with E-state index < -0.39 is 0 Å². The number of benzene rings is 1. The van der Waals surface area contributed by atoms with Crippen LogP contribution in [0.1, 0.15) is 50.0 Å². The Kier molecular flexibility index (Phi) is 5.86. The molecular formula is C20H24N2OS2. The van der Waals surface area contributed by atoms with E-state index in [1.54, 1.807) is 0 Å². The SMILES string of the molecule is CCCCC(CC)Cn1c(O)c(/C=C2\C=Nc3ccccc32)sc1=S. The molecule has 3 rings (SSSR count). The summed E-state index contributed by atoms with van der Waals surface area (Å²) in [5, 5.41) is 10.7. The fourth-order valence-electron chi connectivity index (χ4n) is 3.14. The minimum Gasteiger partial charge on any atom is -0.493 e. The summed E-state index contributed by atoms with van der Waals surface area (Å²) in [6.07, 6.45) is 8.56. The normalized spacial score (nSPS) is 15.7. The number of hydrogen-bond donors (Lipinski definition) is 1. The number of allylic oxidation sites excluding steroid dienone is 1. The summed E-state index contributed by atoms with van der Waals surface area (Å²) in [6.45, 7) is 5.22. The zero-order valence-electron chi connectivity index (χ0n) is 14.7. The first-order valence-electron chi connectivity index (χ1n) is 8.91. The topological polar surface area (TPSA) is 37.5 Å². The summed E-state index contributed by atoms with van der Waals surface area (Å²) < 4.78 is 2.64. The van der Waals surface area contributed by atoms with Crippen LogP contribution in [0, 0.1) is 9.87 Å². The van der Waals surface area contributed by atoms with Crippen molar-refractivity contribution in [2.45, 2.75) is 46.1 Å². The van der Waals surface area contributed by atoms with Crippen LogP contribution in [0.2, 0.25) is 0 Å². The van der Waals surface area contributed by atoms with Crippen LogP contribution >= 0.6 is 23.6 Å². The van der Waals surface area contributed by atoms with E-state index in [1.165, 1.54) is 30.6 Å². The highest BCUT2D eigenvalue weighted by molar-refractivity contribution is 7.73. The van der Waals surface area contributed by atoms with Gasteiger partial charge in [-0.2, -0.15) is 0 Å². The van der Waals surface area contributed by atoms with Gasteiger partial charge in [0.2, 0.25) is 5.88 Å². The molecule has 0 radical (unpaired) electrons. The predicted molar refractivity (Wildman–Crippen MR) is 111 cm³/mol. The number of unbranched alkanes of at least 4 members (excludes halogenated alkanes) is 1. The molecule has 2 heterocycles. The van der Waals surface area contributed by atoms with Crippen LogP contribution in [0.15, 0.2) is 29.3 Å². The molecule has 1 aromatic heterocycles. The first-order chi connectivity index (χ1) is 12.1. The molecule has 25 heavy (non-hydrogen) atoms. The Morgan fingerprint density at radius 2 is 2.12 bits per heavy atom. The number of aromatic nitrogens is 1. The molecule has 132 valence electrons. The zero-order valence-corrected chi connectivity index (χ0v) is 16.4. The van der Waals surface area contributed by atoms with Crippen molar-refractivity contribution in [2.24, 2.45) is 10.9 Å². The van der Waals surface area contributed by atoms with Crippen molar-refractivity contribution in [3.63, 3.8) is 0 Å². The van der Waals surface area contributed by atoms with Gasteiger partial charge in [0.05, 0.1) is 10.6 Å². The summed E-state index contributed by atoms with van der Waals surface area (Å²) in [6, 6.07) is 8.05. The standard InChI is InChI=1S/C20H24N2OS2/c1-3-5-8-14(4-2)13-22-19(23)18(25-20(22)24)11-15-12-21-17-10-7-6-9-16(15)17/h6-7,9-12,14,23H,3-5,8,13H2,1-2H3/b15-11+. The Bertz CT molecular complexity index is 861. The number of rotatable bonds is 7. The summed E-state index contributed by atoms with van der Waals surface area (Å²) >= 11 is 6.99. The number of para-hydroxylation sites is 1. The van der Waals surface area contributed by atoms with Gasteiger partial charge in [0.1, 0.15) is 0 Å². The minimum atomic E-state index is 0.287. The molecule has 5 heteroatoms. The van der Waals surface area contributed by atoms with E-state index in [-0.39, 0.29) is 5.88 Å². The molecule has 1 unspecified atom stereocenters. The first-order valence-corrected chi connectivity index (χ1v) is 10.1. The fourth-order valence-corrected chi connectivity index (χ4v) is 4.42. The van der Waals surface area contributed by atoms with Gasteiger partial charge in [-0.05, 0) is 36.7 Å². The van der Waals surface area contributed by atoms with Crippen LogP contribution in [0.25, 0.3) is 11.6 Å². The zero-order chi connectivity index (χ0) is 17.8. The van der Waals surface area contributed by atoms with Gasteiger partial charge in [-0.25, -0.2) is 0 Å². The van der Waals surface area contributed by atoms with Crippen LogP contribution in [0.4, 0.5) is 5.69 Å². The van der Waals surface area contributed by atoms with Crippen LogP contribution in [0.3, 0.4) is 0 Å². The molecular weight excluding hydrogens is 348 g/mol. The lowest BCUT2D eigenvalue weighted by Crippen LogP contribution is -2.09. The van der Waals surface area contributed by atoms with Crippen molar-refractivity contribution in [1.29, 1.82) is 0 Å². The molecule has 0 saturated carbocycles. The maximum atomic E-state index is 10.7. The Morgan fingerprint density at radius 1 is 1.32 bits per heavy atom. The van der Waals surface area contributed by atoms with E-state index in [9.17, 15) is 5.11 Å². The molecule has 0 saturated heterocycles. The molecule has 0 amide bonds. The number of aliphatic imine (C=N–C) groups is 1. The van der Waals surface area contributed by atoms with Crippen molar-refractivity contribution >= 4 is 47.1 Å². The smallest absolute Gasteiger partial charge is 0.210 e. The van der Waals surface area contributed by atoms with Crippen molar-refractivity contribution in [1.82, 2.24) is 4.57 Å². The van der Waals surface area contributed by atoms with Gasteiger partial charge < -0.3 is 5.11 Å². The lowest BCUT2D eigenvalue weighted by atomic mass is 9.99. The molecule has 0 spiro atoms. The third kappa shape index (κ3) is 3.93. The van der Waals surface area contributed by atoms with Gasteiger partial charge in [0.25, 0.3) is 0 Å². The molecule has 2 aromatic rings. The van der Waals surface area contributed by atoms with Crippen LogP contribution in [-0.4, -0.2) is 15.9 Å². The molecule has 1 aliphatic rings. The summed E-state index contributed by atoms with van der Waals surface area (Å²) in [7, 11) is 0. The molecule has 1 N–H and O–H groups in total. The van der Waals surface area contributed by atoms with E-state index in [0.29, 0.717) is 5.92 Å². The number of aromatic hydroxyl groups is 1. The van der Waals surface area contributed by atoms with Crippen LogP contribution in [-0.2, 0) is 6.54 Å². The lowest BCUT2D eigenvalue weighted by Gasteiger charge is -2.15. The second-order valence-corrected chi connectivity index (χ2v) is 8.13. The van der Waals surface area contributed by atoms with E-state index in [2.05, 4.69) is 24.9 Å². The quantitative estimate of drug-likeness (QED) is 0.566. The average Bonchev–Trinajstić information content (AvgIpc) is 3.14. The molecule has 1 aliphatic heterocycles. The number of hydrogen-bond acceptors (Lipinski definition) is 4. The van der Waals surface area contributed by atoms with Crippen LogP contribution in [0.5, 0.6) is 5.88 Å². The van der Waals surface area contributed by atoms with E-state index >= 15 is 0 Å². The number of thiazole rings is 1. The van der Waals surface area contributed by atoms with E-state index in [4.69, 9.17) is 12.2 Å². The summed E-state index contributed by atoms with van der Waals surface area (Å²) in [5.74, 6) is 0.844. The molecule has 3 nitrogen and oxygen atoms in total. The second kappa shape index (κ2) is 8.11. The maximum absolute atomic E-state index is 10.7. The third-order valence-electron chi connectivity index (χ3n) is 4.72. The van der Waals surface area contributed by atoms with E-state index in [1.807, 2.05) is 35.1 Å². The highest BCUT2D eigenvalue weighted by Gasteiger charge is 2.17. The molecule has 0 bridgehead atoms. The summed E-state index contributed by atoms with van der Waals surface area (Å²) in [5.41, 5.74) is 3.09. The predicted octanol–water partition coefficient (Wildman–Crippen LogP) is 6.46. The van der Waals surface area contributed by atoms with Crippen molar-refractivity contribution in [3.05, 3.63) is 38.7 Å². The fraction of sp³-hybridized carbons (Fsp3) is 0.400. The monoisotopic (exact) mass is 372 g/mol. The molecule has 1 atom stereocenters. The average molecular weight is 373 g/mol. The lowest BCUT2D eigenvalue weighted by molar-refractivity contribution is 0.347. The van der Waals surface area contributed by atoms with Crippen LogP contribution < -0.4 is 0 Å². The largest absolute Gasteiger partial charge is 0.493 e. The van der Waals surface area contributed by atoms with Gasteiger partial charge in [-0.3, -0.25) is 9.56 Å². The number of fused-ring (bicyclic) bond motifs is 1. The van der Waals surface area contributed by atoms with Crippen molar-refractivity contribution < 1.29 is 5.11 Å². The van der Waals surface area contributed by atoms with Crippen molar-refractivity contribution in [2.75, 3.05) is 0 Å². The van der Waals surface area contributed by atoms with Gasteiger partial charge >= 0.3 is 0 Å². The molecule has 0 aliphatic carbocycles. The first kappa shape index (κ1) is 18.1. The van der Waals surface area contributed by atoms with Crippen molar-refractivity contribution in [3.8, 4) is 5.88 Å². The van der Waals surface area contributed by atoms with Gasteiger partial charge in [0.15, 0.2) is 3.95 Å². The highest BCUT2D eigenvalue weighted by Crippen LogP contribution is 2.36. The van der Waals surface area contributed by atoms with Gasteiger partial charge in [-0.15, -0.1) is 11.3 Å². The third-order valence-corrected chi connectivity index (χ3v) is 6.11. The van der Waals surface area contributed by atoms with Gasteiger partial charge in [0, 0.05) is 23.9 Å². The Labute approximate surface area is 158 Å². The van der Waals surface area contributed by atoms with Gasteiger partial charge in [-0.1, -0.05) is 51.3 Å². The highest BCUT2D eigenvalue weighted by atomic mass is 32.1. The molecule has 1 aromatic carbocycles. The Morgan fingerprint density at radius 3 is 2.88 bits per heavy atom.